The first kappa shape index (κ1) is 110. The number of aliphatic hydroxyl groups is 3. The summed E-state index contributed by atoms with van der Waals surface area (Å²) in [7, 11) is 3.58. The van der Waals surface area contributed by atoms with Crippen LogP contribution in [0.3, 0.4) is 0 Å². The van der Waals surface area contributed by atoms with Crippen LogP contribution in [0.4, 0.5) is 10.5 Å². The molecule has 0 aliphatic carbocycles. The fraction of sp³-hybridized carbons (Fsp3) is 0.727. The van der Waals surface area contributed by atoms with E-state index in [9.17, 15) is 59.1 Å². The first-order valence-corrected chi connectivity index (χ1v) is 45.3. The average Bonchev–Trinajstić information content (AvgIpc) is 1.19. The maximum Gasteiger partial charge on any atom is 0.411 e. The number of aromatic nitrogens is 1. The number of hydrogen-bond donors (Lipinski definition) is 11. The molecule has 0 bridgehead atoms. The van der Waals surface area contributed by atoms with Crippen LogP contribution in [0.5, 0.6) is 5.75 Å². The second-order valence-corrected chi connectivity index (χ2v) is 33.3. The number of rotatable bonds is 69. The number of piperidine rings is 1. The minimum atomic E-state index is -2.01. The number of thiazole rings is 1. The number of likely N-dealkylation sites (N-methyl/N-ethyl adjacent to an activating group) is 2. The highest BCUT2D eigenvalue weighted by Gasteiger charge is 2.49. The van der Waals surface area contributed by atoms with Gasteiger partial charge in [0.25, 0.3) is 11.8 Å². The van der Waals surface area contributed by atoms with Gasteiger partial charge in [-0.05, 0) is 87.0 Å². The number of benzene rings is 2. The lowest BCUT2D eigenvalue weighted by Gasteiger charge is -2.44. The number of hydrogen-bond acceptors (Lipinski definition) is 30. The molecular formula is C88H144N9O29S+. The van der Waals surface area contributed by atoms with Gasteiger partial charge in [-0.2, -0.15) is 0 Å². The van der Waals surface area contributed by atoms with Gasteiger partial charge in [-0.3, -0.25) is 38.9 Å². The van der Waals surface area contributed by atoms with E-state index in [2.05, 4.69) is 26.6 Å². The van der Waals surface area contributed by atoms with Gasteiger partial charge in [0.15, 0.2) is 18.2 Å². The van der Waals surface area contributed by atoms with Crippen molar-refractivity contribution in [3.8, 4) is 5.75 Å². The Bertz CT molecular complexity index is 3650. The first-order valence-electron chi connectivity index (χ1n) is 44.4. The summed E-state index contributed by atoms with van der Waals surface area (Å²) in [5.41, 5.74) is 7.40. The summed E-state index contributed by atoms with van der Waals surface area (Å²) in [5.74, 6) is -6.71. The van der Waals surface area contributed by atoms with E-state index in [0.717, 1.165) is 42.6 Å². The molecule has 2 saturated heterocycles. The maximum absolute atomic E-state index is 15.2. The quantitative estimate of drug-likeness (QED) is 0.0202. The molecule has 127 heavy (non-hydrogen) atoms. The van der Waals surface area contributed by atoms with E-state index in [4.69, 9.17) is 81.8 Å². The van der Waals surface area contributed by atoms with Crippen molar-refractivity contribution in [2.75, 3.05) is 191 Å². The van der Waals surface area contributed by atoms with E-state index >= 15 is 9.59 Å². The molecule has 5 rings (SSSR count). The van der Waals surface area contributed by atoms with E-state index in [-0.39, 0.29) is 116 Å². The summed E-state index contributed by atoms with van der Waals surface area (Å²) < 4.78 is 84.2. The predicted molar refractivity (Wildman–Crippen MR) is 467 cm³/mol. The van der Waals surface area contributed by atoms with E-state index in [1.54, 1.807) is 50.2 Å². The number of aliphatic carboxylic acids is 2. The third-order valence-electron chi connectivity index (χ3n) is 21.5. The summed E-state index contributed by atoms with van der Waals surface area (Å²) in [5, 5.41) is 67.9. The maximum atomic E-state index is 15.2. The molecule has 14 atom stereocenters. The average molecular weight is 1820 g/mol. The monoisotopic (exact) mass is 1820 g/mol. The van der Waals surface area contributed by atoms with E-state index < -0.39 is 109 Å². The number of carboxylic acid groups (broad SMARTS) is 2. The number of anilines is 1. The van der Waals surface area contributed by atoms with Gasteiger partial charge < -0.3 is 133 Å². The van der Waals surface area contributed by atoms with Crippen molar-refractivity contribution in [2.24, 2.45) is 29.4 Å². The van der Waals surface area contributed by atoms with Crippen molar-refractivity contribution in [2.45, 2.75) is 206 Å². The number of nitrogens with two attached hydrogens (primary N) is 1. The highest BCUT2D eigenvalue weighted by atomic mass is 32.1. The number of carboxylic acids is 2. The molecule has 6 amide bonds. The van der Waals surface area contributed by atoms with Crippen molar-refractivity contribution < 1.29 is 144 Å². The minimum absolute atomic E-state index is 0.0207. The van der Waals surface area contributed by atoms with Crippen LogP contribution in [0.1, 0.15) is 159 Å². The number of carbonyl (C=O) groups excluding carboxylic acids is 7. The van der Waals surface area contributed by atoms with Crippen molar-refractivity contribution in [3.05, 3.63) is 75.7 Å². The topological polar surface area (TPSA) is 496 Å². The predicted octanol–water partition coefficient (Wildman–Crippen LogP) is 4.97. The van der Waals surface area contributed by atoms with Crippen LogP contribution in [-0.4, -0.2) is 340 Å². The number of carbonyl (C=O) groups is 9. The van der Waals surface area contributed by atoms with Gasteiger partial charge in [0.2, 0.25) is 24.0 Å². The van der Waals surface area contributed by atoms with Gasteiger partial charge in [0, 0.05) is 62.4 Å². The molecule has 720 valence electrons. The lowest BCUT2D eigenvalue weighted by molar-refractivity contribution is -0.942. The molecule has 3 aromatic rings. The summed E-state index contributed by atoms with van der Waals surface area (Å²) >= 11 is 1.12. The molecule has 0 radical (unpaired) electrons. The molecule has 0 spiro atoms. The Morgan fingerprint density at radius 2 is 1.20 bits per heavy atom. The molecule has 0 saturated carbocycles. The third kappa shape index (κ3) is 42.3. The smallest absolute Gasteiger partial charge is 0.411 e. The van der Waals surface area contributed by atoms with E-state index in [1.165, 1.54) is 6.07 Å². The SMILES string of the molecule is CCCNC(=O)[C@@H](N)CCCCNC(=O)CCOCCOCCOCCOCCOCCOCCOCCOCCOCCOCCOCCOC(=O)Nc1cc(C[N+]2(C)CCCC[C@@H]2C(=O)N[C@H](C(=O)N(C)[C@H](C[C@@H](OC(=O)C(C)C)c2nc(C(=O)N[C@@H](Cc3ccccc3)C[C@H](C)C(=O)O)cs2)C(C)C)[C@@H](C)CC)ccc1O[C@@H]1O[C@H](C(=O)O)[C@@H](O)[C@H](O)[C@H]1O. The highest BCUT2D eigenvalue weighted by Crippen LogP contribution is 2.36. The molecular weight excluding hydrogens is 1680 g/mol. The van der Waals surface area contributed by atoms with E-state index in [0.29, 0.717) is 181 Å². The van der Waals surface area contributed by atoms with Gasteiger partial charge in [0.1, 0.15) is 54.0 Å². The number of aliphatic hydroxyl groups excluding tert-OH is 3. The molecule has 2 aromatic carbocycles. The number of esters is 1. The van der Waals surface area contributed by atoms with Crippen LogP contribution in [0.25, 0.3) is 0 Å². The molecule has 2 aliphatic rings. The van der Waals surface area contributed by atoms with Crippen molar-refractivity contribution >= 4 is 70.6 Å². The van der Waals surface area contributed by atoms with Crippen LogP contribution in [0, 0.1) is 23.7 Å². The Balaban J connectivity index is 0.988. The summed E-state index contributed by atoms with van der Waals surface area (Å²) in [4.78, 5) is 125. The Kier molecular flexibility index (Phi) is 54.0. The zero-order valence-electron chi connectivity index (χ0n) is 75.8. The zero-order valence-corrected chi connectivity index (χ0v) is 76.6. The van der Waals surface area contributed by atoms with Crippen LogP contribution in [0.15, 0.2) is 53.9 Å². The van der Waals surface area contributed by atoms with Crippen molar-refractivity contribution in [1.29, 1.82) is 0 Å². The number of nitrogens with one attached hydrogen (secondary N) is 5. The number of unbranched alkanes of at least 4 members (excludes halogenated alkanes) is 1. The Labute approximate surface area is 750 Å². The standard InChI is InChI=1S/C88H143N9O29S/c1-11-27-91-79(102)66(89)22-16-18-28-90-73(98)26-30-112-31-32-113-33-34-114-35-36-115-37-38-116-39-40-117-41-42-118-43-44-119-45-46-120-47-48-121-49-50-122-51-52-123-88(111)94-67-55-64(24-25-71(67)125-87-77(101)75(99)76(100)78(126-87)85(108)109)57-97(10)29-19-17-23-70(97)81(104)95-74(61(7)12-2)83(105)96(9)69(59(3)4)56-72(124-86(110)60(5)6)82-93-68(58-127-82)80(103)92-65(53-62(8)84(106)107)54-63-20-14-13-15-21-63/h13-15,20-21,24-25,55,58-62,65-66,69-70,72,74-78,87,99-101H,11-12,16-19,22-23,26-54,56-57,89H2,1-10H3,(H6-,90,91,92,94,95,98,102,103,104,106,107,108,109,111)/p+1/t61-,62-,65+,66-,69+,70+,72+,74-,75-,76-,77+,78-,87+,97?/m0/s1. The van der Waals surface area contributed by atoms with Crippen LogP contribution >= 0.6 is 11.3 Å². The number of quaternary nitrogens is 1. The lowest BCUT2D eigenvalue weighted by atomic mass is 9.92. The second kappa shape index (κ2) is 62.5. The number of nitrogens with zero attached hydrogens (tertiary/aromatic N) is 3. The van der Waals surface area contributed by atoms with Crippen molar-refractivity contribution in [1.82, 2.24) is 31.2 Å². The lowest BCUT2D eigenvalue weighted by Crippen LogP contribution is -2.63. The third-order valence-corrected chi connectivity index (χ3v) is 22.4. The summed E-state index contributed by atoms with van der Waals surface area (Å²) in [6.07, 6.45) is -5.58. The largest absolute Gasteiger partial charge is 0.481 e. The Hall–Kier alpha value is -7.78. The molecule has 39 heteroatoms. The van der Waals surface area contributed by atoms with E-state index in [1.807, 2.05) is 72.0 Å². The van der Waals surface area contributed by atoms with Crippen molar-refractivity contribution in [3.63, 3.8) is 0 Å². The van der Waals surface area contributed by atoms with Crippen LogP contribution in [-0.2, 0) is 113 Å². The van der Waals surface area contributed by atoms with Crippen LogP contribution < -0.4 is 37.1 Å². The first-order chi connectivity index (χ1) is 61.0. The van der Waals surface area contributed by atoms with Gasteiger partial charge >= 0.3 is 24.0 Å². The second-order valence-electron chi connectivity index (χ2n) is 32.4. The Morgan fingerprint density at radius 3 is 1.72 bits per heavy atom. The molecule has 1 unspecified atom stereocenters. The number of likely N-dealkylation sites (tertiary alicyclic amines) is 1. The molecule has 2 fully saturated rings. The molecule has 3 heterocycles. The van der Waals surface area contributed by atoms with Gasteiger partial charge in [-0.15, -0.1) is 11.3 Å². The Morgan fingerprint density at radius 1 is 0.646 bits per heavy atom. The summed E-state index contributed by atoms with van der Waals surface area (Å²) in [6.45, 7) is 23.8. The fourth-order valence-corrected chi connectivity index (χ4v) is 14.7. The van der Waals surface area contributed by atoms with Crippen LogP contribution in [0.2, 0.25) is 0 Å². The number of ether oxygens (including phenoxy) is 15. The highest BCUT2D eigenvalue weighted by molar-refractivity contribution is 7.09. The molecule has 2 aliphatic heterocycles. The molecule has 12 N–H and O–H groups in total. The molecule has 38 nitrogen and oxygen atoms in total. The van der Waals surface area contributed by atoms with Gasteiger partial charge in [-0.1, -0.05) is 92.1 Å². The normalized spacial score (nSPS) is 19.3. The zero-order chi connectivity index (χ0) is 92.9. The fourth-order valence-electron chi connectivity index (χ4n) is 13.9. The number of amides is 6. The van der Waals surface area contributed by atoms with Gasteiger partial charge in [0.05, 0.1) is 183 Å². The molecule has 1 aromatic heterocycles. The summed E-state index contributed by atoms with van der Waals surface area (Å²) in [6, 6.07) is 10.7. The minimum Gasteiger partial charge on any atom is -0.481 e. The van der Waals surface area contributed by atoms with Gasteiger partial charge in [-0.25, -0.2) is 14.6 Å².